The molecule has 0 spiro atoms. The Morgan fingerprint density at radius 3 is 2.66 bits per heavy atom. The van der Waals surface area contributed by atoms with Gasteiger partial charge < -0.3 is 14.9 Å². The van der Waals surface area contributed by atoms with E-state index in [0.717, 1.165) is 50.5 Å². The highest BCUT2D eigenvalue weighted by Crippen LogP contribution is 2.48. The van der Waals surface area contributed by atoms with Crippen molar-refractivity contribution < 1.29 is 19.7 Å². The van der Waals surface area contributed by atoms with Crippen LogP contribution in [0.5, 0.6) is 5.75 Å². The quantitative estimate of drug-likeness (QED) is 0.316. The molecule has 0 saturated heterocycles. The molecule has 2 aliphatic carbocycles. The molecule has 0 aliphatic heterocycles. The number of ether oxygens (including phenoxy) is 1. The second-order valence-electron chi connectivity index (χ2n) is 9.68. The number of carbonyl (C=O) groups excluding carboxylic acids is 1. The number of unbranched alkanes of at least 4 members (excludes halogenated alkanes) is 2. The number of hydrogen-bond acceptors (Lipinski definition) is 4. The highest BCUT2D eigenvalue weighted by atomic mass is 16.5. The summed E-state index contributed by atoms with van der Waals surface area (Å²) in [7, 11) is 0. The lowest BCUT2D eigenvalue weighted by molar-refractivity contribution is 0.0731. The Balaban J connectivity index is 1.42. The van der Waals surface area contributed by atoms with Gasteiger partial charge in [-0.05, 0) is 85.6 Å². The number of esters is 1. The summed E-state index contributed by atoms with van der Waals surface area (Å²) in [6, 6.07) is 15.1. The van der Waals surface area contributed by atoms with Gasteiger partial charge in [0.25, 0.3) is 0 Å². The number of fused-ring (bicyclic) bond motifs is 2. The molecule has 4 rings (SSSR count). The average molecular weight is 437 g/mol. The maximum atomic E-state index is 12.6. The molecule has 32 heavy (non-hydrogen) atoms. The summed E-state index contributed by atoms with van der Waals surface area (Å²) in [6.45, 7) is 2.18. The van der Waals surface area contributed by atoms with Crippen molar-refractivity contribution in [2.24, 2.45) is 17.8 Å². The van der Waals surface area contributed by atoms with Crippen LogP contribution in [0.3, 0.4) is 0 Å². The molecule has 2 aromatic carbocycles. The Kier molecular flexibility index (Phi) is 7.64. The van der Waals surface area contributed by atoms with Gasteiger partial charge in [-0.2, -0.15) is 0 Å². The normalized spacial score (nSPS) is 25.1. The maximum Gasteiger partial charge on any atom is 0.343 e. The first-order valence-corrected chi connectivity index (χ1v) is 12.3. The third-order valence-electron chi connectivity index (χ3n) is 7.53. The molecule has 172 valence electrons. The first-order valence-electron chi connectivity index (χ1n) is 12.3. The van der Waals surface area contributed by atoms with Gasteiger partial charge in [0.1, 0.15) is 5.75 Å². The SMILES string of the molecule is CCCCC[C@H](O)CC[C@@H]1[C@H]2Cc3cccc(OC(=O)c4ccccc4)c3C[C@H]2C[C@H]1O. The largest absolute Gasteiger partial charge is 0.423 e. The van der Waals surface area contributed by atoms with Crippen molar-refractivity contribution >= 4 is 5.97 Å². The molecule has 0 unspecified atom stereocenters. The van der Waals surface area contributed by atoms with E-state index in [-0.39, 0.29) is 24.1 Å². The molecule has 5 atom stereocenters. The van der Waals surface area contributed by atoms with E-state index in [2.05, 4.69) is 13.0 Å². The van der Waals surface area contributed by atoms with Crippen molar-refractivity contribution in [3.8, 4) is 5.75 Å². The van der Waals surface area contributed by atoms with Gasteiger partial charge in [-0.15, -0.1) is 0 Å². The van der Waals surface area contributed by atoms with Gasteiger partial charge >= 0.3 is 5.97 Å². The zero-order valence-corrected chi connectivity index (χ0v) is 19.1. The van der Waals surface area contributed by atoms with Crippen LogP contribution in [-0.2, 0) is 12.8 Å². The Labute approximate surface area is 191 Å². The van der Waals surface area contributed by atoms with Crippen LogP contribution in [0.4, 0.5) is 0 Å². The Morgan fingerprint density at radius 1 is 1.06 bits per heavy atom. The number of rotatable bonds is 9. The third-order valence-corrected chi connectivity index (χ3v) is 7.53. The fourth-order valence-corrected chi connectivity index (χ4v) is 5.79. The van der Waals surface area contributed by atoms with E-state index in [0.29, 0.717) is 23.1 Å². The fraction of sp³-hybridized carbons (Fsp3) is 0.536. The molecule has 1 saturated carbocycles. The lowest BCUT2D eigenvalue weighted by atomic mass is 9.73. The van der Waals surface area contributed by atoms with Gasteiger partial charge in [-0.25, -0.2) is 4.79 Å². The monoisotopic (exact) mass is 436 g/mol. The van der Waals surface area contributed by atoms with E-state index in [4.69, 9.17) is 4.74 Å². The standard InChI is InChI=1S/C28H36O4/c1-2-3-5-12-22(29)14-15-23-24-16-20-11-8-13-27(25(20)17-21(24)18-26(23)30)32-28(31)19-9-6-4-7-10-19/h4,6-11,13,21-24,26,29-30H,2-3,5,12,14-18H2,1H3/t21-,22-,23+,24-,26+/m0/s1. The van der Waals surface area contributed by atoms with Gasteiger partial charge in [0.2, 0.25) is 0 Å². The fourth-order valence-electron chi connectivity index (χ4n) is 5.79. The van der Waals surface area contributed by atoms with E-state index >= 15 is 0 Å². The molecule has 4 heteroatoms. The van der Waals surface area contributed by atoms with Crippen molar-refractivity contribution in [2.45, 2.75) is 76.9 Å². The number of aliphatic hydroxyl groups excluding tert-OH is 2. The summed E-state index contributed by atoms with van der Waals surface area (Å²) in [5.41, 5.74) is 2.89. The maximum absolute atomic E-state index is 12.6. The number of benzene rings is 2. The minimum atomic E-state index is -0.331. The zero-order valence-electron chi connectivity index (χ0n) is 19.1. The second kappa shape index (κ2) is 10.6. The lowest BCUT2D eigenvalue weighted by Crippen LogP contribution is -2.28. The van der Waals surface area contributed by atoms with E-state index < -0.39 is 0 Å². The smallest absolute Gasteiger partial charge is 0.343 e. The lowest BCUT2D eigenvalue weighted by Gasteiger charge is -2.32. The summed E-state index contributed by atoms with van der Waals surface area (Å²) in [4.78, 5) is 12.6. The van der Waals surface area contributed by atoms with Crippen LogP contribution in [-0.4, -0.2) is 28.4 Å². The molecule has 1 fully saturated rings. The summed E-state index contributed by atoms with van der Waals surface area (Å²) in [5.74, 6) is 1.39. The van der Waals surface area contributed by atoms with Crippen molar-refractivity contribution in [1.82, 2.24) is 0 Å². The van der Waals surface area contributed by atoms with Gasteiger partial charge in [0.15, 0.2) is 0 Å². The molecule has 2 aliphatic rings. The molecule has 4 nitrogen and oxygen atoms in total. The molecule has 0 heterocycles. The summed E-state index contributed by atoms with van der Waals surface area (Å²) in [5, 5.41) is 21.2. The zero-order chi connectivity index (χ0) is 22.5. The average Bonchev–Trinajstić information content (AvgIpc) is 3.11. The van der Waals surface area contributed by atoms with Crippen LogP contribution < -0.4 is 4.74 Å². The first kappa shape index (κ1) is 23.0. The minimum Gasteiger partial charge on any atom is -0.423 e. The molecular weight excluding hydrogens is 400 g/mol. The highest BCUT2D eigenvalue weighted by Gasteiger charge is 2.45. The van der Waals surface area contributed by atoms with Crippen molar-refractivity contribution in [3.05, 3.63) is 65.2 Å². The van der Waals surface area contributed by atoms with Crippen molar-refractivity contribution in [1.29, 1.82) is 0 Å². The van der Waals surface area contributed by atoms with Crippen LogP contribution in [0.2, 0.25) is 0 Å². The number of carbonyl (C=O) groups is 1. The predicted octanol–water partition coefficient (Wildman–Crippen LogP) is 5.34. The van der Waals surface area contributed by atoms with Gasteiger partial charge in [-0.1, -0.05) is 56.5 Å². The molecule has 0 aromatic heterocycles. The number of aliphatic hydroxyl groups is 2. The van der Waals surface area contributed by atoms with E-state index in [1.807, 2.05) is 30.3 Å². The Morgan fingerprint density at radius 2 is 1.88 bits per heavy atom. The van der Waals surface area contributed by atoms with Gasteiger partial charge in [0.05, 0.1) is 17.8 Å². The van der Waals surface area contributed by atoms with Crippen molar-refractivity contribution in [2.75, 3.05) is 0 Å². The van der Waals surface area contributed by atoms with E-state index in [1.54, 1.807) is 12.1 Å². The van der Waals surface area contributed by atoms with Crippen molar-refractivity contribution in [3.63, 3.8) is 0 Å². The molecule has 0 bridgehead atoms. The van der Waals surface area contributed by atoms with Crippen LogP contribution in [0, 0.1) is 17.8 Å². The van der Waals surface area contributed by atoms with Crippen LogP contribution in [0.1, 0.15) is 73.4 Å². The van der Waals surface area contributed by atoms with Gasteiger partial charge in [0, 0.05) is 0 Å². The van der Waals surface area contributed by atoms with Crippen LogP contribution in [0.25, 0.3) is 0 Å². The van der Waals surface area contributed by atoms with E-state index in [1.165, 1.54) is 18.4 Å². The summed E-state index contributed by atoms with van der Waals surface area (Å²) in [6.07, 6.45) is 7.91. The molecule has 2 aromatic rings. The van der Waals surface area contributed by atoms with E-state index in [9.17, 15) is 15.0 Å². The number of hydrogen-bond donors (Lipinski definition) is 2. The summed E-state index contributed by atoms with van der Waals surface area (Å²) < 4.78 is 5.79. The third kappa shape index (κ3) is 5.24. The second-order valence-corrected chi connectivity index (χ2v) is 9.68. The van der Waals surface area contributed by atoms with Crippen LogP contribution in [0.15, 0.2) is 48.5 Å². The Hall–Kier alpha value is -2.17. The van der Waals surface area contributed by atoms with Crippen LogP contribution >= 0.6 is 0 Å². The first-order chi connectivity index (χ1) is 15.6. The topological polar surface area (TPSA) is 66.8 Å². The molecule has 2 N–H and O–H groups in total. The van der Waals surface area contributed by atoms with Gasteiger partial charge in [-0.3, -0.25) is 0 Å². The minimum absolute atomic E-state index is 0.240. The summed E-state index contributed by atoms with van der Waals surface area (Å²) >= 11 is 0. The Bertz CT molecular complexity index is 894. The molecular formula is C28H36O4. The molecule has 0 radical (unpaired) electrons. The predicted molar refractivity (Wildman–Crippen MR) is 126 cm³/mol. The molecule has 0 amide bonds. The highest BCUT2D eigenvalue weighted by molar-refractivity contribution is 5.91.